The average Bonchev–Trinajstić information content (AvgIpc) is 2.96. The van der Waals surface area contributed by atoms with Gasteiger partial charge in [0.05, 0.1) is 16.8 Å². The maximum absolute atomic E-state index is 14.7. The largest absolute Gasteiger partial charge is 0.365 e. The Labute approximate surface area is 181 Å². The molecule has 3 aromatic rings. The number of nitrogens with zero attached hydrogens (tertiary/aromatic N) is 3. The monoisotopic (exact) mass is 427 g/mol. The molecular formula is C22H30FN7O. The van der Waals surface area contributed by atoms with E-state index in [0.29, 0.717) is 11.6 Å². The number of anilines is 3. The Balaban J connectivity index is 1.99. The second kappa shape index (κ2) is 8.89. The predicted octanol–water partition coefficient (Wildman–Crippen LogP) is 3.43. The summed E-state index contributed by atoms with van der Waals surface area (Å²) in [4.78, 5) is 16.3. The van der Waals surface area contributed by atoms with Gasteiger partial charge < -0.3 is 22.1 Å². The number of nitrogens with one attached hydrogen (secondary N) is 2. The Kier molecular flexibility index (Phi) is 6.45. The van der Waals surface area contributed by atoms with Gasteiger partial charge in [0.25, 0.3) is 5.91 Å². The Bertz CT molecular complexity index is 1110. The highest BCUT2D eigenvalue weighted by Crippen LogP contribution is 2.28. The van der Waals surface area contributed by atoms with Gasteiger partial charge in [0, 0.05) is 30.2 Å². The number of aryl methyl sites for hydroxylation is 2. The van der Waals surface area contributed by atoms with Crippen molar-refractivity contribution in [3.05, 3.63) is 41.3 Å². The molecule has 0 radical (unpaired) electrons. The van der Waals surface area contributed by atoms with Crippen LogP contribution in [0, 0.1) is 18.7 Å². The number of aromatic nitrogens is 3. The zero-order chi connectivity index (χ0) is 22.9. The lowest BCUT2D eigenvalue weighted by Gasteiger charge is -2.25. The number of pyridine rings is 1. The van der Waals surface area contributed by atoms with Crippen LogP contribution < -0.4 is 22.1 Å². The molecule has 9 heteroatoms. The third-order valence-corrected chi connectivity index (χ3v) is 5.22. The third-order valence-electron chi connectivity index (χ3n) is 5.22. The van der Waals surface area contributed by atoms with Crippen molar-refractivity contribution in [2.24, 2.45) is 24.4 Å². The zero-order valence-corrected chi connectivity index (χ0v) is 18.5. The van der Waals surface area contributed by atoms with E-state index >= 15 is 0 Å². The molecule has 0 aliphatic carbocycles. The van der Waals surface area contributed by atoms with Crippen molar-refractivity contribution in [3.8, 4) is 0 Å². The van der Waals surface area contributed by atoms with E-state index in [9.17, 15) is 9.18 Å². The van der Waals surface area contributed by atoms with Gasteiger partial charge in [0.2, 0.25) is 0 Å². The van der Waals surface area contributed by atoms with E-state index in [1.807, 2.05) is 39.1 Å². The smallest absolute Gasteiger partial charge is 0.252 e. The summed E-state index contributed by atoms with van der Waals surface area (Å²) in [5.74, 6) is -0.875. The van der Waals surface area contributed by atoms with E-state index in [2.05, 4.69) is 34.6 Å². The van der Waals surface area contributed by atoms with E-state index in [0.717, 1.165) is 29.1 Å². The fourth-order valence-corrected chi connectivity index (χ4v) is 3.62. The minimum Gasteiger partial charge on any atom is -0.365 e. The van der Waals surface area contributed by atoms with Crippen LogP contribution in [0.1, 0.15) is 43.2 Å². The lowest BCUT2D eigenvalue weighted by molar-refractivity contribution is 0.100. The summed E-state index contributed by atoms with van der Waals surface area (Å²) >= 11 is 0. The second-order valence-corrected chi connectivity index (χ2v) is 8.38. The topological polar surface area (TPSA) is 124 Å². The first-order valence-corrected chi connectivity index (χ1v) is 10.3. The number of hydrogen-bond acceptors (Lipinski definition) is 6. The lowest BCUT2D eigenvalue weighted by atomic mass is 9.99. The number of rotatable bonds is 8. The van der Waals surface area contributed by atoms with Gasteiger partial charge in [-0.05, 0) is 50.5 Å². The Morgan fingerprint density at radius 2 is 1.94 bits per heavy atom. The SMILES string of the molecule is Cc1nn(C)c2ccc(Nc3nc(NC(CC(C)C)C(C)N)c(F)cc3C(N)=O)cc12. The van der Waals surface area contributed by atoms with Gasteiger partial charge in [-0.15, -0.1) is 0 Å². The molecule has 0 aliphatic rings. The molecule has 3 rings (SSSR count). The quantitative estimate of drug-likeness (QED) is 0.437. The highest BCUT2D eigenvalue weighted by molar-refractivity contribution is 5.99. The molecule has 31 heavy (non-hydrogen) atoms. The van der Waals surface area contributed by atoms with Gasteiger partial charge in [-0.3, -0.25) is 9.48 Å². The van der Waals surface area contributed by atoms with E-state index in [4.69, 9.17) is 11.5 Å². The fraction of sp³-hybridized carbons (Fsp3) is 0.409. The van der Waals surface area contributed by atoms with Crippen molar-refractivity contribution in [2.75, 3.05) is 10.6 Å². The molecule has 0 fully saturated rings. The number of halogens is 1. The van der Waals surface area contributed by atoms with Crippen molar-refractivity contribution in [2.45, 2.75) is 46.2 Å². The van der Waals surface area contributed by atoms with Gasteiger partial charge in [-0.25, -0.2) is 9.37 Å². The summed E-state index contributed by atoms with van der Waals surface area (Å²) in [7, 11) is 1.87. The van der Waals surface area contributed by atoms with Crippen LogP contribution in [0.15, 0.2) is 24.3 Å². The van der Waals surface area contributed by atoms with Crippen LogP contribution in [0.2, 0.25) is 0 Å². The Hall–Kier alpha value is -3.20. The molecule has 2 unspecified atom stereocenters. The zero-order valence-electron chi connectivity index (χ0n) is 18.5. The van der Waals surface area contributed by atoms with Crippen LogP contribution >= 0.6 is 0 Å². The Morgan fingerprint density at radius 3 is 2.55 bits per heavy atom. The number of nitrogens with two attached hydrogens (primary N) is 2. The van der Waals surface area contributed by atoms with Crippen LogP contribution in [0.3, 0.4) is 0 Å². The van der Waals surface area contributed by atoms with Gasteiger partial charge in [-0.2, -0.15) is 5.10 Å². The minimum atomic E-state index is -0.773. The molecule has 0 bridgehead atoms. The average molecular weight is 428 g/mol. The van der Waals surface area contributed by atoms with Crippen LogP contribution in [-0.2, 0) is 7.05 Å². The van der Waals surface area contributed by atoms with Crippen molar-refractivity contribution in [1.82, 2.24) is 14.8 Å². The summed E-state index contributed by atoms with van der Waals surface area (Å²) in [6, 6.07) is 6.37. The molecule has 2 atom stereocenters. The highest BCUT2D eigenvalue weighted by Gasteiger charge is 2.21. The molecule has 0 spiro atoms. The molecule has 0 aliphatic heterocycles. The molecule has 1 amide bonds. The van der Waals surface area contributed by atoms with E-state index in [1.165, 1.54) is 0 Å². The van der Waals surface area contributed by atoms with Crippen molar-refractivity contribution in [1.29, 1.82) is 0 Å². The number of benzene rings is 1. The Morgan fingerprint density at radius 1 is 1.23 bits per heavy atom. The number of hydrogen-bond donors (Lipinski definition) is 4. The molecule has 0 saturated carbocycles. The summed E-state index contributed by atoms with van der Waals surface area (Å²) in [6.45, 7) is 7.92. The van der Waals surface area contributed by atoms with Crippen LogP contribution in [0.25, 0.3) is 10.9 Å². The number of primary amides is 1. The summed E-state index contributed by atoms with van der Waals surface area (Å²) in [6.07, 6.45) is 0.746. The van der Waals surface area contributed by atoms with Crippen LogP contribution in [0.4, 0.5) is 21.7 Å². The number of fused-ring (bicyclic) bond motifs is 1. The summed E-state index contributed by atoms with van der Waals surface area (Å²) in [5.41, 5.74) is 14.1. The number of carbonyl (C=O) groups excluding carboxylic acids is 1. The first kappa shape index (κ1) is 22.5. The van der Waals surface area contributed by atoms with Crippen molar-refractivity contribution in [3.63, 3.8) is 0 Å². The number of carbonyl (C=O) groups is 1. The minimum absolute atomic E-state index is 0.0223. The maximum atomic E-state index is 14.7. The molecule has 166 valence electrons. The van der Waals surface area contributed by atoms with Crippen LogP contribution in [-0.4, -0.2) is 32.8 Å². The van der Waals surface area contributed by atoms with Gasteiger partial charge in [0.15, 0.2) is 11.6 Å². The second-order valence-electron chi connectivity index (χ2n) is 8.38. The summed E-state index contributed by atoms with van der Waals surface area (Å²) in [5, 5.41) is 11.6. The standard InChI is InChI=1S/C22H30FN7O/c1-11(2)8-18(12(3)24)27-22-17(23)10-16(20(25)31)21(28-22)26-14-6-7-19-15(9-14)13(4)29-30(19)5/h6-7,9-12,18H,8,24H2,1-5H3,(H2,25,31)(H2,26,27,28). The first-order valence-electron chi connectivity index (χ1n) is 10.3. The normalized spacial score (nSPS) is 13.4. The third kappa shape index (κ3) is 4.93. The van der Waals surface area contributed by atoms with Gasteiger partial charge in [0.1, 0.15) is 5.82 Å². The molecule has 0 saturated heterocycles. The molecule has 8 nitrogen and oxygen atoms in total. The lowest BCUT2D eigenvalue weighted by Crippen LogP contribution is -2.39. The number of amides is 1. The van der Waals surface area contributed by atoms with E-state index in [1.54, 1.807) is 4.68 Å². The molecule has 2 aromatic heterocycles. The molecule has 2 heterocycles. The maximum Gasteiger partial charge on any atom is 0.252 e. The molecule has 1 aromatic carbocycles. The van der Waals surface area contributed by atoms with E-state index in [-0.39, 0.29) is 29.3 Å². The van der Waals surface area contributed by atoms with Gasteiger partial charge in [-0.1, -0.05) is 13.8 Å². The van der Waals surface area contributed by atoms with E-state index < -0.39 is 11.7 Å². The van der Waals surface area contributed by atoms with Crippen molar-refractivity contribution >= 4 is 34.1 Å². The fourth-order valence-electron chi connectivity index (χ4n) is 3.62. The molecular weight excluding hydrogens is 397 g/mol. The molecule has 6 N–H and O–H groups in total. The summed E-state index contributed by atoms with van der Waals surface area (Å²) < 4.78 is 16.5. The predicted molar refractivity (Wildman–Crippen MR) is 122 cm³/mol. The van der Waals surface area contributed by atoms with Crippen LogP contribution in [0.5, 0.6) is 0 Å². The van der Waals surface area contributed by atoms with Crippen molar-refractivity contribution < 1.29 is 9.18 Å². The van der Waals surface area contributed by atoms with Gasteiger partial charge >= 0.3 is 0 Å². The first-order chi connectivity index (χ1) is 14.6. The highest BCUT2D eigenvalue weighted by atomic mass is 19.1.